The average Bonchev–Trinajstić information content (AvgIpc) is 4.60. The molecule has 0 unspecified atom stereocenters. The van der Waals surface area contributed by atoms with E-state index in [0.29, 0.717) is 27.8 Å². The predicted octanol–water partition coefficient (Wildman–Crippen LogP) is 3.61. The lowest BCUT2D eigenvalue weighted by Gasteiger charge is -2.28. The summed E-state index contributed by atoms with van der Waals surface area (Å²) >= 11 is 0. The molecule has 10 rings (SSSR count). The molecule has 10 aromatic rings. The van der Waals surface area contributed by atoms with Gasteiger partial charge in [-0.1, -0.05) is 91.0 Å². The van der Waals surface area contributed by atoms with Crippen molar-refractivity contribution in [3.05, 3.63) is 180 Å². The zero-order valence-corrected chi connectivity index (χ0v) is 46.7. The highest BCUT2D eigenvalue weighted by Crippen LogP contribution is 2.25. The molecule has 0 saturated carbocycles. The summed E-state index contributed by atoms with van der Waals surface area (Å²) in [5, 5.41) is 31.4. The van der Waals surface area contributed by atoms with E-state index in [1.54, 1.807) is 31.0 Å². The average molecular weight is 1160 g/mol. The number of aromatic amines is 5. The third-order valence-electron chi connectivity index (χ3n) is 15.4. The molecule has 0 aliphatic heterocycles. The molecule has 23 nitrogen and oxygen atoms in total. The Hall–Kier alpha value is -10.7. The maximum Gasteiger partial charge on any atom is 0.326 e. The number of aromatic nitrogens is 5. The number of nitrogens with one attached hydrogen (secondary N) is 11. The van der Waals surface area contributed by atoms with Gasteiger partial charge in [0.2, 0.25) is 35.4 Å². The van der Waals surface area contributed by atoms with Gasteiger partial charge in [-0.15, -0.1) is 0 Å². The van der Waals surface area contributed by atoms with Gasteiger partial charge in [-0.3, -0.25) is 33.8 Å². The normalized spacial score (nSPS) is 13.5. The third-order valence-corrected chi connectivity index (χ3v) is 15.4. The van der Waals surface area contributed by atoms with Crippen molar-refractivity contribution < 1.29 is 38.7 Å². The van der Waals surface area contributed by atoms with Gasteiger partial charge in [0.15, 0.2) is 5.96 Å². The molecular formula is C63H67N15O8. The highest BCUT2D eigenvalue weighted by molar-refractivity contribution is 5.99. The maximum atomic E-state index is 15.4. The lowest BCUT2D eigenvalue weighted by Crippen LogP contribution is -2.60. The molecule has 0 aliphatic rings. The number of carbonyl (C=O) groups excluding carboxylic acids is 6. The van der Waals surface area contributed by atoms with Crippen molar-refractivity contribution in [3.63, 3.8) is 0 Å². The van der Waals surface area contributed by atoms with E-state index in [1.807, 2.05) is 121 Å². The van der Waals surface area contributed by atoms with Crippen molar-refractivity contribution in [2.45, 2.75) is 81.2 Å². The number of nitrogens with zero attached hydrogens (tertiary/aromatic N) is 1. The second-order valence-electron chi connectivity index (χ2n) is 21.2. The van der Waals surface area contributed by atoms with Crippen LogP contribution in [-0.4, -0.2) is 127 Å². The molecule has 0 radical (unpaired) electrons. The van der Waals surface area contributed by atoms with Crippen molar-refractivity contribution in [1.82, 2.24) is 56.8 Å². The number of carboxylic acids is 1. The summed E-state index contributed by atoms with van der Waals surface area (Å²) in [7, 11) is 0. The van der Waals surface area contributed by atoms with Gasteiger partial charge in [-0.2, -0.15) is 0 Å². The van der Waals surface area contributed by atoms with Crippen LogP contribution in [-0.2, 0) is 65.7 Å². The van der Waals surface area contributed by atoms with Gasteiger partial charge in [-0.25, -0.2) is 4.79 Å². The summed E-state index contributed by atoms with van der Waals surface area (Å²) < 4.78 is 0. The number of carboxylic acid groups (broad SMARTS) is 1. The summed E-state index contributed by atoms with van der Waals surface area (Å²) in [5.74, 6) is -5.99. The molecule has 86 heavy (non-hydrogen) atoms. The molecule has 5 aromatic heterocycles. The van der Waals surface area contributed by atoms with Gasteiger partial charge in [0.25, 0.3) is 0 Å². The molecule has 0 fully saturated rings. The van der Waals surface area contributed by atoms with Gasteiger partial charge in [0.1, 0.15) is 36.3 Å². The fourth-order valence-electron chi connectivity index (χ4n) is 11.0. The summed E-state index contributed by atoms with van der Waals surface area (Å²) in [6.07, 6.45) is 8.35. The Morgan fingerprint density at radius 1 is 0.395 bits per heavy atom. The van der Waals surface area contributed by atoms with Crippen molar-refractivity contribution in [3.8, 4) is 0 Å². The van der Waals surface area contributed by atoms with Gasteiger partial charge in [0.05, 0.1) is 6.54 Å². The first-order chi connectivity index (χ1) is 41.7. The number of aliphatic carboxylic acids is 1. The van der Waals surface area contributed by atoms with Crippen LogP contribution in [0, 0.1) is 0 Å². The molecule has 0 aliphatic carbocycles. The van der Waals surface area contributed by atoms with E-state index in [1.165, 1.54) is 0 Å². The Labute approximate surface area is 492 Å². The lowest BCUT2D eigenvalue weighted by atomic mass is 9.99. The quantitative estimate of drug-likeness (QED) is 0.0200. The minimum Gasteiger partial charge on any atom is -0.480 e. The summed E-state index contributed by atoms with van der Waals surface area (Å²) in [5.41, 5.74) is 24.2. The number of amides is 6. The van der Waals surface area contributed by atoms with E-state index in [9.17, 15) is 24.3 Å². The molecule has 0 bridgehead atoms. The fraction of sp³-hybridized carbons (Fsp3) is 0.238. The number of benzene rings is 5. The van der Waals surface area contributed by atoms with Crippen LogP contribution in [0.1, 0.15) is 40.7 Å². The maximum absolute atomic E-state index is 15.4. The van der Waals surface area contributed by atoms with Crippen LogP contribution < -0.4 is 49.1 Å². The van der Waals surface area contributed by atoms with E-state index in [4.69, 9.17) is 17.2 Å². The second kappa shape index (κ2) is 26.7. The summed E-state index contributed by atoms with van der Waals surface area (Å²) in [4.78, 5) is 121. The third kappa shape index (κ3) is 13.9. The Bertz CT molecular complexity index is 4130. The number of para-hydroxylation sites is 5. The van der Waals surface area contributed by atoms with Crippen molar-refractivity contribution in [2.75, 3.05) is 13.1 Å². The topological polar surface area (TPSA) is 381 Å². The van der Waals surface area contributed by atoms with E-state index >= 15 is 14.4 Å². The number of H-pyrrole nitrogens is 5. The van der Waals surface area contributed by atoms with Crippen LogP contribution in [0.4, 0.5) is 0 Å². The van der Waals surface area contributed by atoms with Crippen molar-refractivity contribution in [2.24, 2.45) is 22.2 Å². The first-order valence-electron chi connectivity index (χ1n) is 28.2. The molecule has 0 saturated heterocycles. The predicted molar refractivity (Wildman–Crippen MR) is 328 cm³/mol. The zero-order valence-electron chi connectivity index (χ0n) is 46.7. The largest absolute Gasteiger partial charge is 0.480 e. The van der Waals surface area contributed by atoms with Crippen LogP contribution in [0.25, 0.3) is 54.5 Å². The molecule has 0 spiro atoms. The lowest BCUT2D eigenvalue weighted by molar-refractivity contribution is -0.142. The van der Waals surface area contributed by atoms with E-state index in [-0.39, 0.29) is 57.5 Å². The van der Waals surface area contributed by atoms with E-state index in [0.717, 1.165) is 54.5 Å². The monoisotopic (exact) mass is 1160 g/mol. The first kappa shape index (κ1) is 58.5. The van der Waals surface area contributed by atoms with E-state index in [2.05, 4.69) is 61.8 Å². The highest BCUT2D eigenvalue weighted by Gasteiger charge is 2.35. The van der Waals surface area contributed by atoms with Crippen molar-refractivity contribution >= 4 is 102 Å². The molecule has 5 heterocycles. The van der Waals surface area contributed by atoms with Crippen LogP contribution >= 0.6 is 0 Å². The zero-order chi connectivity index (χ0) is 60.3. The van der Waals surface area contributed by atoms with E-state index < -0.39 is 84.2 Å². The number of fused-ring (bicyclic) bond motifs is 5. The first-order valence-corrected chi connectivity index (χ1v) is 28.2. The number of rotatable bonds is 27. The number of aliphatic imine (C=N–C) groups is 1. The molecule has 442 valence electrons. The van der Waals surface area contributed by atoms with Crippen LogP contribution in [0.2, 0.25) is 0 Å². The fourth-order valence-corrected chi connectivity index (χ4v) is 11.0. The minimum atomic E-state index is -1.43. The van der Waals surface area contributed by atoms with Crippen LogP contribution in [0.3, 0.4) is 0 Å². The molecule has 6 amide bonds. The summed E-state index contributed by atoms with van der Waals surface area (Å²) in [6.45, 7) is -0.339. The summed E-state index contributed by atoms with van der Waals surface area (Å²) in [6, 6.07) is 28.8. The van der Waals surface area contributed by atoms with Gasteiger partial charge >= 0.3 is 5.97 Å². The SMILES string of the molecule is NCC(=O)N[C@@H](Cc1c[nH]c2ccccc12)C(=O)N[C@@H](CCCN=C(N)N)C(=O)N[C@@H](Cc1c[nH]c2ccccc12)C(=O)N[C@@H](Cc1c[nH]c2ccccc12)C(=O)N[C@@H](Cc1c[nH]c2ccccc12)C(=O)N[C@@H](Cc1c[nH]c2ccccc12)C(=O)O. The minimum absolute atomic E-state index is 0.0187. The number of guanidine groups is 1. The van der Waals surface area contributed by atoms with Crippen LogP contribution in [0.15, 0.2) is 157 Å². The Balaban J connectivity index is 0.968. The molecule has 23 heteroatoms. The molecule has 6 atom stereocenters. The standard InChI is InChI=1S/C63H67N15O8/c64-29-56(79)73-51(24-35-30-68-45-17-6-1-12-40(35)45)58(81)74-50(22-11-23-67-63(65)66)57(80)75-52(25-36-31-69-46-18-7-2-13-41(36)46)59(82)76-53(26-37-32-70-47-19-8-3-14-42(37)47)60(83)77-54(27-38-33-71-48-20-9-4-15-43(38)48)61(84)78-55(62(85)86)28-39-34-72-49-21-10-5-16-44(39)49/h1-10,12-21,30-34,50-55,68-72H,11,22-29,64H2,(H,73,79)(H,74,81)(H,75,80)(H,76,82)(H,77,83)(H,78,84)(H,85,86)(H4,65,66,67)/t50-,51-,52-,53-,54-,55-/m0/s1. The second-order valence-corrected chi connectivity index (χ2v) is 21.2. The van der Waals surface area contributed by atoms with Gasteiger partial charge in [-0.05, 0) is 71.0 Å². The highest BCUT2D eigenvalue weighted by atomic mass is 16.4. The van der Waals surface area contributed by atoms with Crippen LogP contribution in [0.5, 0.6) is 0 Å². The van der Waals surface area contributed by atoms with Crippen molar-refractivity contribution in [1.29, 1.82) is 0 Å². The number of hydrogen-bond acceptors (Lipinski definition) is 9. The molecular weight excluding hydrogens is 1090 g/mol. The number of nitrogens with two attached hydrogens (primary N) is 3. The Morgan fingerprint density at radius 2 is 0.663 bits per heavy atom. The molecule has 5 aromatic carbocycles. The Morgan fingerprint density at radius 3 is 0.965 bits per heavy atom. The molecule has 18 N–H and O–H groups in total. The van der Waals surface area contributed by atoms with Gasteiger partial charge in [0, 0.05) is 124 Å². The number of hydrogen-bond donors (Lipinski definition) is 15. The smallest absolute Gasteiger partial charge is 0.326 e. The van der Waals surface area contributed by atoms with Gasteiger partial charge < -0.3 is 79.1 Å². The number of carbonyl (C=O) groups is 7. The Kier molecular flexibility index (Phi) is 18.2.